The number of hydrogen-bond donors (Lipinski definition) is 0. The summed E-state index contributed by atoms with van der Waals surface area (Å²) in [5.74, 6) is 0. The molecule has 0 aromatic heterocycles. The number of alkyl halides is 2. The molecule has 3 atom stereocenters. The van der Waals surface area contributed by atoms with E-state index in [1.54, 1.807) is 0 Å². The summed E-state index contributed by atoms with van der Waals surface area (Å²) >= 11 is 6.71. The van der Waals surface area contributed by atoms with Gasteiger partial charge in [0.2, 0.25) is 0 Å². The van der Waals surface area contributed by atoms with Crippen LogP contribution in [0.3, 0.4) is 0 Å². The van der Waals surface area contributed by atoms with Crippen molar-refractivity contribution in [2.45, 2.75) is 42.4 Å². The highest BCUT2D eigenvalue weighted by Crippen LogP contribution is 2.20. The summed E-state index contributed by atoms with van der Waals surface area (Å²) in [6.45, 7) is 4.02. The molecule has 1 radical (unpaired) electrons. The molecule has 3 unspecified atom stereocenters. The zero-order valence-electron chi connectivity index (χ0n) is 6.31. The van der Waals surface area contributed by atoms with Gasteiger partial charge in [-0.15, -0.1) is 0 Å². The Kier molecular flexibility index (Phi) is 6.07. The minimum Gasteiger partial charge on any atom is -0.232 e. The third-order valence-corrected chi connectivity index (χ3v) is 4.03. The van der Waals surface area contributed by atoms with Gasteiger partial charge in [0, 0.05) is 4.83 Å². The second kappa shape index (κ2) is 5.56. The maximum Gasteiger partial charge on any atom is 0.106 e. The van der Waals surface area contributed by atoms with Crippen LogP contribution in [0.5, 0.6) is 0 Å². The van der Waals surface area contributed by atoms with Crippen molar-refractivity contribution in [2.75, 3.05) is 0 Å². The molecule has 61 valence electrons. The third-order valence-electron chi connectivity index (χ3n) is 1.37. The first-order valence-corrected chi connectivity index (χ1v) is 5.36. The lowest BCUT2D eigenvalue weighted by atomic mass is 10.1. The van der Waals surface area contributed by atoms with Crippen molar-refractivity contribution < 1.29 is 5.11 Å². The van der Waals surface area contributed by atoms with Crippen LogP contribution in [0.25, 0.3) is 0 Å². The highest BCUT2D eigenvalue weighted by Gasteiger charge is 2.20. The fraction of sp³-hybridized carbons (Fsp3) is 1.00. The Bertz CT molecular complexity index is 85.7. The quantitative estimate of drug-likeness (QED) is 0.701. The van der Waals surface area contributed by atoms with Gasteiger partial charge in [0.15, 0.2) is 0 Å². The van der Waals surface area contributed by atoms with Crippen molar-refractivity contribution in [3.8, 4) is 0 Å². The van der Waals surface area contributed by atoms with E-state index in [1.165, 1.54) is 0 Å². The maximum atomic E-state index is 11.2. The summed E-state index contributed by atoms with van der Waals surface area (Å²) in [7, 11) is 0. The molecule has 0 fully saturated rings. The molecule has 0 heterocycles. The van der Waals surface area contributed by atoms with E-state index in [0.29, 0.717) is 0 Å². The molecule has 3 heteroatoms. The van der Waals surface area contributed by atoms with Crippen LogP contribution in [-0.2, 0) is 5.11 Å². The molecule has 0 spiro atoms. The fourth-order valence-electron chi connectivity index (χ4n) is 0.740. The van der Waals surface area contributed by atoms with E-state index in [2.05, 4.69) is 31.9 Å². The van der Waals surface area contributed by atoms with Gasteiger partial charge in [-0.3, -0.25) is 0 Å². The van der Waals surface area contributed by atoms with E-state index in [9.17, 15) is 5.11 Å². The Balaban J connectivity index is 3.58. The summed E-state index contributed by atoms with van der Waals surface area (Å²) in [5, 5.41) is 11.2. The van der Waals surface area contributed by atoms with Crippen molar-refractivity contribution in [1.82, 2.24) is 0 Å². The first-order chi connectivity index (χ1) is 4.59. The normalized spacial score (nSPS) is 20.1. The fourth-order valence-corrected chi connectivity index (χ4v) is 1.34. The standard InChI is InChI=1S/C7H13Br2O/c1-3-4-6(10)7(9)5(2)8/h5-7H,3-4H2,1-2H3. The lowest BCUT2D eigenvalue weighted by Gasteiger charge is -2.16. The first-order valence-electron chi connectivity index (χ1n) is 3.53. The predicted molar refractivity (Wildman–Crippen MR) is 50.5 cm³/mol. The van der Waals surface area contributed by atoms with E-state index in [-0.39, 0.29) is 9.65 Å². The molecule has 0 aromatic rings. The van der Waals surface area contributed by atoms with Crippen LogP contribution in [-0.4, -0.2) is 15.8 Å². The molecular weight excluding hydrogens is 260 g/mol. The van der Waals surface area contributed by atoms with Gasteiger partial charge in [-0.2, -0.15) is 0 Å². The molecule has 0 rings (SSSR count). The highest BCUT2D eigenvalue weighted by molar-refractivity contribution is 9.12. The third kappa shape index (κ3) is 3.94. The second-order valence-corrected chi connectivity index (χ2v) is 4.95. The lowest BCUT2D eigenvalue weighted by Crippen LogP contribution is -2.25. The molecule has 0 saturated heterocycles. The van der Waals surface area contributed by atoms with E-state index in [1.807, 2.05) is 13.8 Å². The second-order valence-electron chi connectivity index (χ2n) is 2.45. The molecule has 0 aliphatic carbocycles. The predicted octanol–water partition coefficient (Wildman–Crippen LogP) is 3.13. The SMILES string of the molecule is CCCC([O])C(Br)C(C)Br. The lowest BCUT2D eigenvalue weighted by molar-refractivity contribution is 0.0806. The minimum atomic E-state index is -0.473. The summed E-state index contributed by atoms with van der Waals surface area (Å²) < 4.78 is 0. The Hall–Kier alpha value is 0.920. The zero-order chi connectivity index (χ0) is 8.15. The summed E-state index contributed by atoms with van der Waals surface area (Å²) in [6.07, 6.45) is 1.25. The maximum absolute atomic E-state index is 11.2. The molecule has 1 nitrogen and oxygen atoms in total. The summed E-state index contributed by atoms with van der Waals surface area (Å²) in [6, 6.07) is 0. The first kappa shape index (κ1) is 10.9. The molecule has 10 heavy (non-hydrogen) atoms. The molecule has 0 bridgehead atoms. The molecule has 0 N–H and O–H groups in total. The van der Waals surface area contributed by atoms with Crippen LogP contribution < -0.4 is 0 Å². The summed E-state index contributed by atoms with van der Waals surface area (Å²) in [5.41, 5.74) is 0. The van der Waals surface area contributed by atoms with E-state index < -0.39 is 6.10 Å². The topological polar surface area (TPSA) is 19.9 Å². The van der Waals surface area contributed by atoms with Crippen molar-refractivity contribution >= 4 is 31.9 Å². The monoisotopic (exact) mass is 271 g/mol. The van der Waals surface area contributed by atoms with Gasteiger partial charge >= 0.3 is 0 Å². The van der Waals surface area contributed by atoms with Crippen molar-refractivity contribution in [3.63, 3.8) is 0 Å². The Morgan fingerprint density at radius 3 is 2.20 bits per heavy atom. The Morgan fingerprint density at radius 2 is 1.90 bits per heavy atom. The smallest absolute Gasteiger partial charge is 0.106 e. The van der Waals surface area contributed by atoms with Gasteiger partial charge in [0.05, 0.1) is 4.83 Å². The highest BCUT2D eigenvalue weighted by atomic mass is 79.9. The van der Waals surface area contributed by atoms with Crippen LogP contribution in [0.2, 0.25) is 0 Å². The molecule has 0 aliphatic rings. The molecule has 0 aromatic carbocycles. The summed E-state index contributed by atoms with van der Waals surface area (Å²) in [4.78, 5) is 0.328. The largest absolute Gasteiger partial charge is 0.232 e. The molecular formula is C7H13Br2O. The van der Waals surface area contributed by atoms with E-state index in [0.717, 1.165) is 12.8 Å². The van der Waals surface area contributed by atoms with Crippen LogP contribution in [0, 0.1) is 0 Å². The Morgan fingerprint density at radius 1 is 1.40 bits per heavy atom. The number of hydrogen-bond acceptors (Lipinski definition) is 0. The minimum absolute atomic E-state index is 0.0625. The van der Waals surface area contributed by atoms with E-state index in [4.69, 9.17) is 0 Å². The number of rotatable bonds is 4. The van der Waals surface area contributed by atoms with Crippen LogP contribution in [0.1, 0.15) is 26.7 Å². The Labute approximate surface area is 79.5 Å². The number of halogens is 2. The van der Waals surface area contributed by atoms with Gasteiger partial charge in [-0.05, 0) is 6.42 Å². The van der Waals surface area contributed by atoms with Crippen molar-refractivity contribution in [2.24, 2.45) is 0 Å². The molecule has 0 aliphatic heterocycles. The average molecular weight is 273 g/mol. The van der Waals surface area contributed by atoms with Gasteiger partial charge in [-0.25, -0.2) is 5.11 Å². The molecule has 0 amide bonds. The van der Waals surface area contributed by atoms with Gasteiger partial charge in [-0.1, -0.05) is 52.1 Å². The van der Waals surface area contributed by atoms with Gasteiger partial charge < -0.3 is 0 Å². The van der Waals surface area contributed by atoms with Gasteiger partial charge in [0.1, 0.15) is 6.10 Å². The van der Waals surface area contributed by atoms with Crippen LogP contribution >= 0.6 is 31.9 Å². The van der Waals surface area contributed by atoms with E-state index >= 15 is 0 Å². The van der Waals surface area contributed by atoms with Crippen molar-refractivity contribution in [1.29, 1.82) is 0 Å². The van der Waals surface area contributed by atoms with Gasteiger partial charge in [0.25, 0.3) is 0 Å². The van der Waals surface area contributed by atoms with Crippen LogP contribution in [0.4, 0.5) is 0 Å². The van der Waals surface area contributed by atoms with Crippen LogP contribution in [0.15, 0.2) is 0 Å². The molecule has 0 saturated carbocycles. The van der Waals surface area contributed by atoms with Crippen molar-refractivity contribution in [3.05, 3.63) is 0 Å². The zero-order valence-corrected chi connectivity index (χ0v) is 9.48. The average Bonchev–Trinajstić information content (AvgIpc) is 1.87.